The molecule has 63 heavy (non-hydrogen) atoms. The van der Waals surface area contributed by atoms with E-state index in [1.165, 1.54) is 0 Å². The van der Waals surface area contributed by atoms with Gasteiger partial charge in [-0.2, -0.15) is 0 Å². The van der Waals surface area contributed by atoms with Crippen LogP contribution in [0.25, 0.3) is 0 Å². The molecule has 18 nitrogen and oxygen atoms in total. The highest BCUT2D eigenvalue weighted by Crippen LogP contribution is 2.33. The maximum absolute atomic E-state index is 12.0. The Balaban J connectivity index is 0.000000475. The quantitative estimate of drug-likeness (QED) is 0.129. The zero-order valence-electron chi connectivity index (χ0n) is 35.2. The molecule has 360 valence electrons. The minimum absolute atomic E-state index is 0.0331. The van der Waals surface area contributed by atoms with Gasteiger partial charge in [0.1, 0.15) is 65.6 Å². The molecular formula is C39H51Br6O18-3. The molecule has 8 unspecified atom stereocenters. The molecular weight excluding hydrogens is 1240 g/mol. The molecule has 0 aromatic carbocycles. The Morgan fingerprint density at radius 1 is 0.460 bits per heavy atom. The number of ether oxygens (including phenoxy) is 6. The summed E-state index contributed by atoms with van der Waals surface area (Å²) in [6.45, 7) is 9.79. The number of hydrogen-bond acceptors (Lipinski definition) is 18. The molecule has 0 saturated heterocycles. The van der Waals surface area contributed by atoms with Gasteiger partial charge in [0.2, 0.25) is 0 Å². The summed E-state index contributed by atoms with van der Waals surface area (Å²) in [7, 11) is 0. The fourth-order valence-corrected chi connectivity index (χ4v) is 7.01. The summed E-state index contributed by atoms with van der Waals surface area (Å²) >= 11 is 18.5. The molecule has 0 spiro atoms. The Labute approximate surface area is 415 Å². The number of alkyl halides is 6. The first-order valence-electron chi connectivity index (χ1n) is 19.6. The monoisotopic (exact) mass is 1280 g/mol. The van der Waals surface area contributed by atoms with Crippen LogP contribution in [0.3, 0.4) is 0 Å². The smallest absolute Gasteiger partial charge is 0.322 e. The molecule has 3 fully saturated rings. The second-order valence-electron chi connectivity index (χ2n) is 16.0. The number of rotatable bonds is 15. The lowest BCUT2D eigenvalue weighted by Crippen LogP contribution is -2.45. The number of carboxylic acid groups (broad SMARTS) is 3. The van der Waals surface area contributed by atoms with Gasteiger partial charge in [0.25, 0.3) is 0 Å². The van der Waals surface area contributed by atoms with E-state index in [4.69, 9.17) is 28.4 Å². The van der Waals surface area contributed by atoms with Crippen LogP contribution in [0.4, 0.5) is 0 Å². The maximum Gasteiger partial charge on any atom is 0.322 e. The van der Waals surface area contributed by atoms with Gasteiger partial charge in [0.05, 0.1) is 0 Å². The van der Waals surface area contributed by atoms with Crippen molar-refractivity contribution in [3.63, 3.8) is 0 Å². The van der Waals surface area contributed by atoms with Crippen LogP contribution in [-0.2, 0) is 71.6 Å². The lowest BCUT2D eigenvalue weighted by Gasteiger charge is -2.36. The topological polar surface area (TPSA) is 278 Å². The van der Waals surface area contributed by atoms with Crippen LogP contribution >= 0.6 is 95.6 Å². The Bertz CT molecular complexity index is 1520. The van der Waals surface area contributed by atoms with Crippen LogP contribution in [0, 0.1) is 17.8 Å². The molecule has 3 aliphatic rings. The number of halogens is 6. The van der Waals surface area contributed by atoms with Gasteiger partial charge >= 0.3 is 35.8 Å². The third-order valence-electron chi connectivity index (χ3n) is 9.41. The van der Waals surface area contributed by atoms with Gasteiger partial charge in [-0.1, -0.05) is 95.6 Å². The lowest BCUT2D eigenvalue weighted by atomic mass is 9.85. The zero-order valence-corrected chi connectivity index (χ0v) is 44.8. The second kappa shape index (κ2) is 27.7. The zero-order chi connectivity index (χ0) is 48.6. The fraction of sp³-hybridized carbons (Fsp3) is 0.769. The first-order chi connectivity index (χ1) is 29.0. The number of esters is 6. The normalized spacial score (nSPS) is 26.8. The predicted octanol–water partition coefficient (Wildman–Crippen LogP) is 2.78. The van der Waals surface area contributed by atoms with E-state index in [0.29, 0.717) is 12.8 Å². The van der Waals surface area contributed by atoms with E-state index < -0.39 is 126 Å². The maximum atomic E-state index is 12.0. The van der Waals surface area contributed by atoms with Crippen molar-refractivity contribution in [3.05, 3.63) is 0 Å². The molecule has 24 heteroatoms. The lowest BCUT2D eigenvalue weighted by molar-refractivity contribution is -0.315. The SMILES string of the molecule is CC(Br)C(=O)OC1CC(OC(=O)C(C)Br)CC(C(=O)[O-])C1.CC(C)(Br)C(=O)OC1CC(OC(=O)C(C)(C)Br)CC(C(=O)[O-])C1.O=C(CBr)OC1CC(OC(=O)CBr)CC(C(=O)[O-])C1. The average Bonchev–Trinajstić information content (AvgIpc) is 3.17. The molecule has 0 aliphatic heterocycles. The standard InChI is InChI=1S/C15H22Br2O6.C13H18Br2O6.C11H14Br2O6/c1-14(2,16)12(20)22-9-5-8(11(18)19)6-10(7-9)23-13(21)15(3,4)17;1-6(14)12(18)20-9-3-8(11(16)17)4-10(5-9)21-13(19)7(2)15;12-4-9(14)18-7-1-6(11(16)17)2-8(3-7)19-10(15)5-13/h8-10H,5-7H2,1-4H3,(H,18,19);6-10H,3-5H2,1-2H3,(H,16,17);6-8H,1-5H2,(H,16,17)/p-3. The molecule has 8 atom stereocenters. The fourth-order valence-electron chi connectivity index (χ4n) is 6.34. The minimum Gasteiger partial charge on any atom is -0.550 e. The van der Waals surface area contributed by atoms with Gasteiger partial charge in [-0.25, -0.2) is 0 Å². The van der Waals surface area contributed by atoms with E-state index in [0.717, 1.165) is 0 Å². The van der Waals surface area contributed by atoms with Crippen molar-refractivity contribution in [3.8, 4) is 0 Å². The van der Waals surface area contributed by atoms with Crippen LogP contribution in [0.15, 0.2) is 0 Å². The van der Waals surface area contributed by atoms with E-state index in [1.807, 2.05) is 0 Å². The molecule has 3 rings (SSSR count). The van der Waals surface area contributed by atoms with Gasteiger partial charge < -0.3 is 58.1 Å². The number of hydrogen-bond donors (Lipinski definition) is 0. The van der Waals surface area contributed by atoms with Crippen molar-refractivity contribution >= 4 is 149 Å². The highest BCUT2D eigenvalue weighted by atomic mass is 79.9. The van der Waals surface area contributed by atoms with E-state index in [2.05, 4.69) is 95.6 Å². The molecule has 0 bridgehead atoms. The number of carbonyl (C=O) groups is 9. The molecule has 3 saturated carbocycles. The van der Waals surface area contributed by atoms with Crippen molar-refractivity contribution in [2.45, 2.75) is 154 Å². The Hall–Kier alpha value is -1.89. The number of aliphatic carboxylic acids is 3. The molecule has 0 heterocycles. The van der Waals surface area contributed by atoms with E-state index >= 15 is 0 Å². The molecule has 3 aliphatic carbocycles. The highest BCUT2D eigenvalue weighted by Gasteiger charge is 2.39. The molecule has 0 aromatic heterocycles. The van der Waals surface area contributed by atoms with Crippen LogP contribution in [0.5, 0.6) is 0 Å². The summed E-state index contributed by atoms with van der Waals surface area (Å²) in [5.41, 5.74) is 0. The number of carboxylic acids is 3. The molecule has 0 radical (unpaired) electrons. The summed E-state index contributed by atoms with van der Waals surface area (Å²) in [4.78, 5) is 102. The Morgan fingerprint density at radius 3 is 0.873 bits per heavy atom. The molecule has 0 N–H and O–H groups in total. The van der Waals surface area contributed by atoms with Crippen molar-refractivity contribution in [1.29, 1.82) is 0 Å². The third kappa shape index (κ3) is 22.9. The van der Waals surface area contributed by atoms with Crippen molar-refractivity contribution in [2.75, 3.05) is 10.7 Å². The van der Waals surface area contributed by atoms with Crippen molar-refractivity contribution < 1.29 is 86.9 Å². The Morgan fingerprint density at radius 2 is 0.683 bits per heavy atom. The summed E-state index contributed by atoms with van der Waals surface area (Å²) in [5, 5.41) is 33.3. The average molecular weight is 1290 g/mol. The van der Waals surface area contributed by atoms with E-state index in [9.17, 15) is 58.5 Å². The van der Waals surface area contributed by atoms with Crippen LogP contribution in [0.1, 0.15) is 99.3 Å². The van der Waals surface area contributed by atoms with Gasteiger partial charge in [-0.05, 0) is 80.1 Å². The summed E-state index contributed by atoms with van der Waals surface area (Å²) < 4.78 is 29.6. The van der Waals surface area contributed by atoms with Gasteiger partial charge in [0, 0.05) is 54.9 Å². The molecule has 0 aromatic rings. The van der Waals surface area contributed by atoms with Crippen LogP contribution in [-0.4, -0.2) is 119 Å². The summed E-state index contributed by atoms with van der Waals surface area (Å²) in [5.74, 6) is -8.98. The van der Waals surface area contributed by atoms with Gasteiger partial charge in [-0.15, -0.1) is 0 Å². The van der Waals surface area contributed by atoms with E-state index in [-0.39, 0.29) is 55.6 Å². The molecule has 0 amide bonds. The van der Waals surface area contributed by atoms with Gasteiger partial charge in [0.15, 0.2) is 0 Å². The van der Waals surface area contributed by atoms with Crippen molar-refractivity contribution in [1.82, 2.24) is 0 Å². The first kappa shape index (κ1) is 59.1. The minimum atomic E-state index is -1.23. The predicted molar refractivity (Wildman–Crippen MR) is 237 cm³/mol. The van der Waals surface area contributed by atoms with Crippen LogP contribution < -0.4 is 15.3 Å². The third-order valence-corrected chi connectivity index (χ3v) is 11.7. The summed E-state index contributed by atoms with van der Waals surface area (Å²) in [6, 6.07) is 0. The summed E-state index contributed by atoms with van der Waals surface area (Å²) in [6.07, 6.45) is -1.72. The second-order valence-corrected chi connectivity index (χ2v) is 23.8. The van der Waals surface area contributed by atoms with E-state index in [1.54, 1.807) is 41.5 Å². The largest absolute Gasteiger partial charge is 0.550 e. The van der Waals surface area contributed by atoms with Gasteiger partial charge in [-0.3, -0.25) is 28.8 Å². The first-order valence-corrected chi connectivity index (χ1v) is 25.3. The van der Waals surface area contributed by atoms with Crippen LogP contribution in [0.2, 0.25) is 0 Å². The highest BCUT2D eigenvalue weighted by molar-refractivity contribution is 9.10. The Kier molecular flexibility index (Phi) is 26.0. The number of carbonyl (C=O) groups excluding carboxylic acids is 9. The van der Waals surface area contributed by atoms with Crippen molar-refractivity contribution in [2.24, 2.45) is 17.8 Å².